The standard InChI is InChI=1S/C20H18N2O/c1-15-2-4-16(5-3-15)10-12-22-20(23)9-7-17-6-8-19-18(14-17)11-13-21-19/h2-6,8,11,13-14,21H,10,12H2,1H3,(H,22,23). The summed E-state index contributed by atoms with van der Waals surface area (Å²) >= 11 is 0. The fraction of sp³-hybridized carbons (Fsp3) is 0.150. The molecule has 23 heavy (non-hydrogen) atoms. The van der Waals surface area contributed by atoms with Gasteiger partial charge in [0.25, 0.3) is 5.91 Å². The van der Waals surface area contributed by atoms with Crippen molar-refractivity contribution in [2.45, 2.75) is 13.3 Å². The van der Waals surface area contributed by atoms with Gasteiger partial charge in [0.15, 0.2) is 0 Å². The van der Waals surface area contributed by atoms with Crippen LogP contribution in [0.3, 0.4) is 0 Å². The maximum Gasteiger partial charge on any atom is 0.296 e. The van der Waals surface area contributed by atoms with Crippen LogP contribution in [0, 0.1) is 18.8 Å². The van der Waals surface area contributed by atoms with Gasteiger partial charge in [0.2, 0.25) is 0 Å². The number of hydrogen-bond acceptors (Lipinski definition) is 1. The lowest BCUT2D eigenvalue weighted by Crippen LogP contribution is -2.23. The number of carbonyl (C=O) groups is 1. The Kier molecular flexibility index (Phi) is 4.44. The molecule has 3 nitrogen and oxygen atoms in total. The highest BCUT2D eigenvalue weighted by molar-refractivity contribution is 5.94. The second-order valence-electron chi connectivity index (χ2n) is 5.52. The molecular formula is C20H18N2O. The van der Waals surface area contributed by atoms with Gasteiger partial charge in [0.05, 0.1) is 0 Å². The molecule has 3 rings (SSSR count). The topological polar surface area (TPSA) is 44.9 Å². The normalized spacial score (nSPS) is 10.1. The van der Waals surface area contributed by atoms with E-state index in [1.54, 1.807) is 0 Å². The molecule has 0 unspecified atom stereocenters. The highest BCUT2D eigenvalue weighted by Crippen LogP contribution is 2.13. The minimum absolute atomic E-state index is 0.244. The van der Waals surface area contributed by atoms with E-state index in [0.29, 0.717) is 6.54 Å². The smallest absolute Gasteiger partial charge is 0.296 e. The second-order valence-corrected chi connectivity index (χ2v) is 5.52. The number of rotatable bonds is 3. The first-order chi connectivity index (χ1) is 11.2. The van der Waals surface area contributed by atoms with Gasteiger partial charge in [-0.05, 0) is 43.2 Å². The molecule has 1 heterocycles. The number of hydrogen-bond donors (Lipinski definition) is 2. The molecule has 0 saturated carbocycles. The summed E-state index contributed by atoms with van der Waals surface area (Å²) in [5.74, 6) is 5.30. The van der Waals surface area contributed by atoms with Crippen molar-refractivity contribution in [2.24, 2.45) is 0 Å². The zero-order chi connectivity index (χ0) is 16.1. The molecule has 1 amide bonds. The fourth-order valence-corrected chi connectivity index (χ4v) is 2.38. The molecule has 0 atom stereocenters. The van der Waals surface area contributed by atoms with Crippen molar-refractivity contribution in [2.75, 3.05) is 6.54 Å². The Balaban J connectivity index is 1.54. The third-order valence-electron chi connectivity index (χ3n) is 3.69. The Morgan fingerprint density at radius 1 is 1.13 bits per heavy atom. The van der Waals surface area contributed by atoms with Crippen LogP contribution in [-0.2, 0) is 11.2 Å². The lowest BCUT2D eigenvalue weighted by atomic mass is 10.1. The molecule has 114 valence electrons. The summed E-state index contributed by atoms with van der Waals surface area (Å²) in [7, 11) is 0. The largest absolute Gasteiger partial charge is 0.361 e. The molecular weight excluding hydrogens is 284 g/mol. The summed E-state index contributed by atoms with van der Waals surface area (Å²) in [6, 6.07) is 16.2. The lowest BCUT2D eigenvalue weighted by Gasteiger charge is -2.02. The van der Waals surface area contributed by atoms with Gasteiger partial charge < -0.3 is 10.3 Å². The van der Waals surface area contributed by atoms with Gasteiger partial charge in [0.1, 0.15) is 0 Å². The number of amides is 1. The zero-order valence-corrected chi connectivity index (χ0v) is 13.0. The molecule has 0 bridgehead atoms. The summed E-state index contributed by atoms with van der Waals surface area (Å²) < 4.78 is 0. The van der Waals surface area contributed by atoms with E-state index in [0.717, 1.165) is 22.9 Å². The van der Waals surface area contributed by atoms with E-state index >= 15 is 0 Å². The van der Waals surface area contributed by atoms with Crippen LogP contribution in [0.5, 0.6) is 0 Å². The van der Waals surface area contributed by atoms with Crippen molar-refractivity contribution >= 4 is 16.8 Å². The SMILES string of the molecule is Cc1ccc(CCNC(=O)C#Cc2ccc3[nH]ccc3c2)cc1. The predicted octanol–water partition coefficient (Wildman–Crippen LogP) is 3.19. The number of benzene rings is 2. The van der Waals surface area contributed by atoms with Crippen molar-refractivity contribution < 1.29 is 4.79 Å². The summed E-state index contributed by atoms with van der Waals surface area (Å²) in [6.45, 7) is 2.65. The van der Waals surface area contributed by atoms with Crippen LogP contribution in [0.1, 0.15) is 16.7 Å². The average molecular weight is 302 g/mol. The summed E-state index contributed by atoms with van der Waals surface area (Å²) in [5, 5.41) is 3.92. The Hall–Kier alpha value is -2.99. The monoisotopic (exact) mass is 302 g/mol. The minimum atomic E-state index is -0.244. The van der Waals surface area contributed by atoms with Gasteiger partial charge in [-0.3, -0.25) is 4.79 Å². The third kappa shape index (κ3) is 4.02. The minimum Gasteiger partial charge on any atom is -0.361 e. The first kappa shape index (κ1) is 14.9. The molecule has 2 N–H and O–H groups in total. The predicted molar refractivity (Wildman–Crippen MR) is 93.1 cm³/mol. The first-order valence-corrected chi connectivity index (χ1v) is 7.63. The first-order valence-electron chi connectivity index (χ1n) is 7.63. The van der Waals surface area contributed by atoms with E-state index in [9.17, 15) is 4.79 Å². The van der Waals surface area contributed by atoms with Crippen LogP contribution in [0.4, 0.5) is 0 Å². The number of H-pyrrole nitrogens is 1. The van der Waals surface area contributed by atoms with Gasteiger partial charge >= 0.3 is 0 Å². The van der Waals surface area contributed by atoms with Crippen LogP contribution in [0.25, 0.3) is 10.9 Å². The summed E-state index contributed by atoms with van der Waals surface area (Å²) in [5.41, 5.74) is 4.36. The number of carbonyl (C=O) groups excluding carboxylic acids is 1. The average Bonchev–Trinajstić information content (AvgIpc) is 3.02. The third-order valence-corrected chi connectivity index (χ3v) is 3.69. The number of fused-ring (bicyclic) bond motifs is 1. The molecule has 0 aliphatic carbocycles. The lowest BCUT2D eigenvalue weighted by molar-refractivity contribution is -0.115. The van der Waals surface area contributed by atoms with Gasteiger partial charge in [-0.15, -0.1) is 0 Å². The Labute approximate surface area is 135 Å². The van der Waals surface area contributed by atoms with Crippen LogP contribution in [0.2, 0.25) is 0 Å². The molecule has 0 spiro atoms. The van der Waals surface area contributed by atoms with E-state index < -0.39 is 0 Å². The van der Waals surface area contributed by atoms with Crippen LogP contribution < -0.4 is 5.32 Å². The molecule has 1 aromatic heterocycles. The number of aromatic nitrogens is 1. The van der Waals surface area contributed by atoms with E-state index in [1.807, 2.05) is 30.5 Å². The number of nitrogens with one attached hydrogen (secondary N) is 2. The van der Waals surface area contributed by atoms with Crippen molar-refractivity contribution in [3.05, 3.63) is 71.4 Å². The maximum absolute atomic E-state index is 11.8. The molecule has 0 fully saturated rings. The molecule has 0 aliphatic rings. The Morgan fingerprint density at radius 2 is 1.96 bits per heavy atom. The van der Waals surface area contributed by atoms with Crippen molar-refractivity contribution in [1.82, 2.24) is 10.3 Å². The van der Waals surface area contributed by atoms with Crippen LogP contribution >= 0.6 is 0 Å². The molecule has 0 radical (unpaired) electrons. The van der Waals surface area contributed by atoms with Crippen LogP contribution in [-0.4, -0.2) is 17.4 Å². The Bertz CT molecular complexity index is 879. The number of aromatic amines is 1. The molecule has 0 aliphatic heterocycles. The summed E-state index contributed by atoms with van der Waals surface area (Å²) in [6.07, 6.45) is 2.70. The number of aryl methyl sites for hydroxylation is 1. The molecule has 2 aromatic carbocycles. The summed E-state index contributed by atoms with van der Waals surface area (Å²) in [4.78, 5) is 14.9. The quantitative estimate of drug-likeness (QED) is 0.717. The van der Waals surface area contributed by atoms with Gasteiger partial charge in [-0.1, -0.05) is 35.7 Å². The second kappa shape index (κ2) is 6.85. The highest BCUT2D eigenvalue weighted by Gasteiger charge is 1.98. The van der Waals surface area contributed by atoms with E-state index in [1.165, 1.54) is 11.1 Å². The molecule has 3 aromatic rings. The van der Waals surface area contributed by atoms with Crippen LogP contribution in [0.15, 0.2) is 54.7 Å². The van der Waals surface area contributed by atoms with Crippen molar-refractivity contribution in [3.8, 4) is 11.8 Å². The van der Waals surface area contributed by atoms with Crippen molar-refractivity contribution in [3.63, 3.8) is 0 Å². The van der Waals surface area contributed by atoms with Gasteiger partial charge in [0, 0.05) is 35.1 Å². The molecule has 0 saturated heterocycles. The zero-order valence-electron chi connectivity index (χ0n) is 13.0. The van der Waals surface area contributed by atoms with E-state index in [-0.39, 0.29) is 5.91 Å². The Morgan fingerprint density at radius 3 is 2.78 bits per heavy atom. The highest BCUT2D eigenvalue weighted by atomic mass is 16.1. The van der Waals surface area contributed by atoms with E-state index in [2.05, 4.69) is 53.3 Å². The van der Waals surface area contributed by atoms with Gasteiger partial charge in [-0.2, -0.15) is 0 Å². The van der Waals surface area contributed by atoms with E-state index in [4.69, 9.17) is 0 Å². The van der Waals surface area contributed by atoms with Gasteiger partial charge in [-0.25, -0.2) is 0 Å². The van der Waals surface area contributed by atoms with Crippen molar-refractivity contribution in [1.29, 1.82) is 0 Å². The molecule has 3 heteroatoms. The fourth-order valence-electron chi connectivity index (χ4n) is 2.38. The maximum atomic E-state index is 11.8.